The predicted molar refractivity (Wildman–Crippen MR) is 59.0 cm³/mol. The number of phenolic OH excluding ortho intramolecular Hbond substituents is 1. The molecule has 2 rings (SSSR count). The van der Waals surface area contributed by atoms with Crippen LogP contribution in [0.2, 0.25) is 0 Å². The van der Waals surface area contributed by atoms with Crippen molar-refractivity contribution in [3.63, 3.8) is 0 Å². The van der Waals surface area contributed by atoms with Gasteiger partial charge in [0.1, 0.15) is 15.9 Å². The van der Waals surface area contributed by atoms with Gasteiger partial charge in [0.15, 0.2) is 5.69 Å². The number of aromatic hydroxyl groups is 1. The van der Waals surface area contributed by atoms with Crippen molar-refractivity contribution >= 4 is 26.6 Å². The maximum atomic E-state index is 10.8. The molecule has 0 bridgehead atoms. The molecule has 0 aliphatic heterocycles. The van der Waals surface area contributed by atoms with Crippen molar-refractivity contribution in [2.45, 2.75) is 4.90 Å². The summed E-state index contributed by atoms with van der Waals surface area (Å²) in [5, 5.41) is 12.6. The summed E-state index contributed by atoms with van der Waals surface area (Å²) in [5.41, 5.74) is -0.284. The second-order valence-corrected chi connectivity index (χ2v) is 4.74. The van der Waals surface area contributed by atoms with Gasteiger partial charge in [-0.3, -0.25) is 0 Å². The van der Waals surface area contributed by atoms with E-state index in [0.717, 1.165) is 12.1 Å². The van der Waals surface area contributed by atoms with Gasteiger partial charge in [0.25, 0.3) is 0 Å². The fourth-order valence-electron chi connectivity index (χ4n) is 1.52. The van der Waals surface area contributed by atoms with Gasteiger partial charge in [-0.05, 0) is 28.8 Å². The smallest absolute Gasteiger partial charge is 0.744 e. The number of hydrogen-bond donors (Lipinski definition) is 1. The monoisotopic (exact) mass is 275 g/mol. The van der Waals surface area contributed by atoms with Crippen LogP contribution in [0.5, 0.6) is 5.75 Å². The fourth-order valence-corrected chi connectivity index (χ4v) is 2.02. The van der Waals surface area contributed by atoms with Crippen LogP contribution in [0.1, 0.15) is 0 Å². The van der Waals surface area contributed by atoms with Crippen molar-refractivity contribution in [3.8, 4) is 5.75 Å². The largest absolute Gasteiger partial charge is 1.00 e. The van der Waals surface area contributed by atoms with E-state index < -0.39 is 15.0 Å². The Bertz CT molecular complexity index is 714. The van der Waals surface area contributed by atoms with Crippen molar-refractivity contribution in [1.29, 1.82) is 0 Å². The molecule has 0 radical (unpaired) electrons. The van der Waals surface area contributed by atoms with Crippen molar-refractivity contribution in [3.05, 3.63) is 35.2 Å². The first kappa shape index (κ1) is 15.1. The summed E-state index contributed by atoms with van der Waals surface area (Å²) >= 11 is 0. The molecular formula is C10H6NNaO5S. The first-order valence-corrected chi connectivity index (χ1v) is 5.89. The average Bonchev–Trinajstić information content (AvgIpc) is 2.27. The van der Waals surface area contributed by atoms with Gasteiger partial charge in [0, 0.05) is 5.39 Å². The molecule has 0 spiro atoms. The van der Waals surface area contributed by atoms with Crippen LogP contribution in [0.25, 0.3) is 10.8 Å². The molecule has 2 aromatic rings. The van der Waals surface area contributed by atoms with Crippen LogP contribution in [0.3, 0.4) is 0 Å². The predicted octanol–water partition coefficient (Wildman–Crippen LogP) is -1.15. The normalized spacial score (nSPS) is 10.9. The summed E-state index contributed by atoms with van der Waals surface area (Å²) in [7, 11) is -4.61. The number of rotatable bonds is 2. The second-order valence-electron chi connectivity index (χ2n) is 3.36. The van der Waals surface area contributed by atoms with E-state index in [4.69, 9.17) is 0 Å². The molecule has 0 heterocycles. The first-order valence-electron chi connectivity index (χ1n) is 4.48. The Morgan fingerprint density at radius 3 is 2.33 bits per heavy atom. The summed E-state index contributed by atoms with van der Waals surface area (Å²) in [6, 6.07) is 6.28. The molecule has 6 nitrogen and oxygen atoms in total. The molecule has 0 aliphatic carbocycles. The van der Waals surface area contributed by atoms with E-state index in [-0.39, 0.29) is 46.4 Å². The third kappa shape index (κ3) is 2.70. The number of nitroso groups, excluding NO2 is 1. The minimum Gasteiger partial charge on any atom is -0.744 e. The van der Waals surface area contributed by atoms with Crippen LogP contribution in [-0.4, -0.2) is 18.1 Å². The number of fused-ring (bicyclic) bond motifs is 1. The summed E-state index contributed by atoms with van der Waals surface area (Å²) in [4.78, 5) is 10.1. The van der Waals surface area contributed by atoms with Crippen LogP contribution in [-0.2, 0) is 10.1 Å². The Hall–Kier alpha value is -0.990. The number of phenols is 1. The minimum atomic E-state index is -4.61. The first-order chi connectivity index (χ1) is 7.93. The summed E-state index contributed by atoms with van der Waals surface area (Å²) in [6.07, 6.45) is 0. The third-order valence-electron chi connectivity index (χ3n) is 2.32. The van der Waals surface area contributed by atoms with Crippen LogP contribution in [0.4, 0.5) is 5.69 Å². The Morgan fingerprint density at radius 1 is 1.17 bits per heavy atom. The topological polar surface area (TPSA) is 107 Å². The van der Waals surface area contributed by atoms with Crippen LogP contribution in [0, 0.1) is 4.91 Å². The van der Waals surface area contributed by atoms with Crippen molar-refractivity contribution in [1.82, 2.24) is 0 Å². The third-order valence-corrected chi connectivity index (χ3v) is 3.15. The zero-order chi connectivity index (χ0) is 12.6. The standard InChI is InChI=1S/C10H7NO5S.Na/c12-9-4-2-6-1-3-7(17(14,15)16)5-8(6)10(9)11-13;/h1-5,12H,(H,14,15,16);/q;+1/p-1. The summed E-state index contributed by atoms with van der Waals surface area (Å²) in [6.45, 7) is 0. The Balaban J connectivity index is 0.00000162. The maximum Gasteiger partial charge on any atom is 1.00 e. The van der Waals surface area contributed by atoms with Crippen LogP contribution in [0.15, 0.2) is 40.4 Å². The summed E-state index contributed by atoms with van der Waals surface area (Å²) in [5.74, 6) is -0.368. The minimum absolute atomic E-state index is 0. The molecular weight excluding hydrogens is 269 g/mol. The van der Waals surface area contributed by atoms with E-state index in [9.17, 15) is 23.0 Å². The molecule has 88 valence electrons. The van der Waals surface area contributed by atoms with Gasteiger partial charge in [0.05, 0.1) is 4.90 Å². The number of nitrogens with zero attached hydrogens (tertiary/aromatic N) is 1. The number of hydrogen-bond acceptors (Lipinski definition) is 6. The zero-order valence-corrected chi connectivity index (χ0v) is 12.1. The maximum absolute atomic E-state index is 10.8. The van der Waals surface area contributed by atoms with Crippen LogP contribution >= 0.6 is 0 Å². The van der Waals surface area contributed by atoms with Crippen molar-refractivity contribution in [2.24, 2.45) is 5.18 Å². The molecule has 18 heavy (non-hydrogen) atoms. The molecule has 0 atom stereocenters. The molecule has 0 fully saturated rings. The second kappa shape index (κ2) is 5.33. The molecule has 2 aromatic carbocycles. The number of benzene rings is 2. The van der Waals surface area contributed by atoms with E-state index in [2.05, 4.69) is 5.18 Å². The van der Waals surface area contributed by atoms with Gasteiger partial charge in [-0.1, -0.05) is 12.1 Å². The van der Waals surface area contributed by atoms with Crippen LogP contribution < -0.4 is 29.6 Å². The molecule has 0 aromatic heterocycles. The molecule has 0 saturated carbocycles. The molecule has 0 aliphatic rings. The van der Waals surface area contributed by atoms with Crippen molar-refractivity contribution in [2.75, 3.05) is 0 Å². The van der Waals surface area contributed by atoms with Gasteiger partial charge in [0.2, 0.25) is 0 Å². The van der Waals surface area contributed by atoms with Gasteiger partial charge < -0.3 is 9.66 Å². The Morgan fingerprint density at radius 2 is 1.78 bits per heavy atom. The molecule has 0 unspecified atom stereocenters. The van der Waals surface area contributed by atoms with Gasteiger partial charge >= 0.3 is 29.6 Å². The summed E-state index contributed by atoms with van der Waals surface area (Å²) < 4.78 is 32.5. The molecule has 0 saturated heterocycles. The Labute approximate surface area is 125 Å². The van der Waals surface area contributed by atoms with E-state index in [1.165, 1.54) is 18.2 Å². The van der Waals surface area contributed by atoms with E-state index in [1.807, 2.05) is 0 Å². The average molecular weight is 275 g/mol. The molecule has 0 amide bonds. The van der Waals surface area contributed by atoms with E-state index in [1.54, 1.807) is 0 Å². The Kier molecular flexibility index (Phi) is 4.46. The molecule has 8 heteroatoms. The zero-order valence-electron chi connectivity index (χ0n) is 9.32. The van der Waals surface area contributed by atoms with E-state index >= 15 is 0 Å². The van der Waals surface area contributed by atoms with Gasteiger partial charge in [-0.15, -0.1) is 4.91 Å². The van der Waals surface area contributed by atoms with Gasteiger partial charge in [-0.2, -0.15) is 0 Å². The SMILES string of the molecule is O=Nc1c(O)ccc2ccc(S(=O)(=O)[O-])cc12.[Na+]. The quantitative estimate of drug-likeness (QED) is 0.423. The van der Waals surface area contributed by atoms with E-state index in [0.29, 0.717) is 5.39 Å². The van der Waals surface area contributed by atoms with Crippen molar-refractivity contribution < 1.29 is 47.6 Å². The molecule has 1 N–H and O–H groups in total. The van der Waals surface area contributed by atoms with Gasteiger partial charge in [-0.25, -0.2) is 8.42 Å². The fraction of sp³-hybridized carbons (Fsp3) is 0.